The molecule has 2 rings (SSSR count). The van der Waals surface area contributed by atoms with Crippen molar-refractivity contribution in [3.8, 4) is 5.75 Å². The van der Waals surface area contributed by atoms with Gasteiger partial charge < -0.3 is 4.74 Å². The molecule has 1 fully saturated rings. The lowest BCUT2D eigenvalue weighted by molar-refractivity contribution is -0.190. The molecule has 0 aliphatic heterocycles. The van der Waals surface area contributed by atoms with E-state index in [1.807, 2.05) is 0 Å². The molecule has 5 heteroatoms. The Hall–Kier alpha value is -1.52. The summed E-state index contributed by atoms with van der Waals surface area (Å²) < 4.78 is 44.8. The molecule has 1 saturated carbocycles. The van der Waals surface area contributed by atoms with E-state index in [0.29, 0.717) is 31.6 Å². The molecular formula is C16H19F3O2. The fourth-order valence-corrected chi connectivity index (χ4v) is 2.99. The summed E-state index contributed by atoms with van der Waals surface area (Å²) in [5.74, 6) is -2.59. The lowest BCUT2D eigenvalue weighted by atomic mass is 9.75. The average Bonchev–Trinajstić information content (AvgIpc) is 2.46. The van der Waals surface area contributed by atoms with Crippen molar-refractivity contribution in [1.82, 2.24) is 0 Å². The summed E-state index contributed by atoms with van der Waals surface area (Å²) in [7, 11) is 0. The third-order valence-corrected chi connectivity index (χ3v) is 3.98. The predicted molar refractivity (Wildman–Crippen MR) is 73.4 cm³/mol. The van der Waals surface area contributed by atoms with Crippen molar-refractivity contribution in [2.24, 2.45) is 11.8 Å². The number of benzene rings is 1. The lowest BCUT2D eigenvalue weighted by Gasteiger charge is -2.32. The van der Waals surface area contributed by atoms with E-state index in [9.17, 15) is 18.0 Å². The lowest BCUT2D eigenvalue weighted by Crippen LogP contribution is -2.37. The summed E-state index contributed by atoms with van der Waals surface area (Å²) >= 11 is 0. The zero-order valence-electron chi connectivity index (χ0n) is 12.0. The van der Waals surface area contributed by atoms with E-state index in [1.165, 1.54) is 0 Å². The minimum Gasteiger partial charge on any atom is -0.493 e. The second-order valence-corrected chi connectivity index (χ2v) is 5.33. The Labute approximate surface area is 122 Å². The molecule has 0 N–H and O–H groups in total. The number of Topliss-reactive ketones (excluding diaryl/α,β-unsaturated/α-hetero) is 1. The molecule has 21 heavy (non-hydrogen) atoms. The van der Waals surface area contributed by atoms with Gasteiger partial charge in [0.1, 0.15) is 5.75 Å². The number of rotatable bonds is 4. The van der Waals surface area contributed by atoms with Crippen LogP contribution in [-0.4, -0.2) is 18.6 Å². The largest absolute Gasteiger partial charge is 0.493 e. The SMILES string of the molecule is CCOc1ccccc1C(=O)C1CCCCC1C(F)(F)F. The topological polar surface area (TPSA) is 26.3 Å². The van der Waals surface area contributed by atoms with Gasteiger partial charge in [-0.05, 0) is 31.9 Å². The van der Waals surface area contributed by atoms with Crippen LogP contribution in [-0.2, 0) is 0 Å². The van der Waals surface area contributed by atoms with E-state index in [-0.39, 0.29) is 12.0 Å². The normalized spacial score (nSPS) is 22.9. The van der Waals surface area contributed by atoms with Gasteiger partial charge in [-0.2, -0.15) is 13.2 Å². The first kappa shape index (κ1) is 15.9. The molecule has 2 unspecified atom stereocenters. The molecule has 1 aliphatic carbocycles. The Balaban J connectivity index is 2.29. The van der Waals surface area contributed by atoms with Gasteiger partial charge >= 0.3 is 6.18 Å². The Morgan fingerprint density at radius 1 is 1.24 bits per heavy atom. The molecule has 1 aromatic carbocycles. The van der Waals surface area contributed by atoms with Gasteiger partial charge in [0, 0.05) is 5.92 Å². The van der Waals surface area contributed by atoms with Crippen LogP contribution in [0.1, 0.15) is 43.0 Å². The Morgan fingerprint density at radius 2 is 1.90 bits per heavy atom. The van der Waals surface area contributed by atoms with Crippen molar-refractivity contribution < 1.29 is 22.7 Å². The summed E-state index contributed by atoms with van der Waals surface area (Å²) in [6.07, 6.45) is -2.79. The monoisotopic (exact) mass is 300 g/mol. The quantitative estimate of drug-likeness (QED) is 0.757. The number of alkyl halides is 3. The highest BCUT2D eigenvalue weighted by Gasteiger charge is 2.48. The third kappa shape index (κ3) is 3.57. The van der Waals surface area contributed by atoms with Gasteiger partial charge in [-0.25, -0.2) is 0 Å². The first-order valence-electron chi connectivity index (χ1n) is 7.28. The molecule has 0 heterocycles. The molecule has 2 nitrogen and oxygen atoms in total. The van der Waals surface area contributed by atoms with E-state index < -0.39 is 23.8 Å². The smallest absolute Gasteiger partial charge is 0.392 e. The van der Waals surface area contributed by atoms with E-state index in [1.54, 1.807) is 31.2 Å². The van der Waals surface area contributed by atoms with Gasteiger partial charge in [-0.3, -0.25) is 4.79 Å². The number of carbonyl (C=O) groups excluding carboxylic acids is 1. The number of hydrogen-bond acceptors (Lipinski definition) is 2. The number of carbonyl (C=O) groups is 1. The van der Waals surface area contributed by atoms with Gasteiger partial charge in [0.2, 0.25) is 0 Å². The van der Waals surface area contributed by atoms with E-state index >= 15 is 0 Å². The molecule has 116 valence electrons. The zero-order valence-corrected chi connectivity index (χ0v) is 12.0. The molecule has 2 atom stereocenters. The molecule has 0 radical (unpaired) electrons. The minimum absolute atomic E-state index is 0.0384. The first-order chi connectivity index (χ1) is 9.95. The van der Waals surface area contributed by atoms with Crippen molar-refractivity contribution >= 4 is 5.78 Å². The Kier molecular flexibility index (Phi) is 4.91. The van der Waals surface area contributed by atoms with Crippen LogP contribution in [0.5, 0.6) is 5.75 Å². The van der Waals surface area contributed by atoms with Crippen LogP contribution in [0.15, 0.2) is 24.3 Å². The fraction of sp³-hybridized carbons (Fsp3) is 0.562. The van der Waals surface area contributed by atoms with Crippen molar-refractivity contribution in [2.45, 2.75) is 38.8 Å². The number of hydrogen-bond donors (Lipinski definition) is 0. The Bertz CT molecular complexity index is 497. The molecule has 1 aliphatic rings. The van der Waals surface area contributed by atoms with Gasteiger partial charge in [0.15, 0.2) is 5.78 Å². The maximum Gasteiger partial charge on any atom is 0.392 e. The number of ketones is 1. The van der Waals surface area contributed by atoms with Gasteiger partial charge in [-0.1, -0.05) is 25.0 Å². The van der Waals surface area contributed by atoms with Crippen molar-refractivity contribution in [3.63, 3.8) is 0 Å². The molecule has 0 spiro atoms. The second kappa shape index (κ2) is 6.50. The summed E-state index contributed by atoms with van der Waals surface area (Å²) in [6.45, 7) is 2.15. The molecule has 0 bridgehead atoms. The highest BCUT2D eigenvalue weighted by molar-refractivity contribution is 6.00. The summed E-state index contributed by atoms with van der Waals surface area (Å²) in [5, 5.41) is 0. The molecular weight excluding hydrogens is 281 g/mol. The van der Waals surface area contributed by atoms with Crippen LogP contribution in [0.25, 0.3) is 0 Å². The summed E-state index contributed by atoms with van der Waals surface area (Å²) in [5.41, 5.74) is 0.264. The average molecular weight is 300 g/mol. The highest BCUT2D eigenvalue weighted by Crippen LogP contribution is 2.43. The number of ether oxygens (including phenoxy) is 1. The van der Waals surface area contributed by atoms with Crippen molar-refractivity contribution in [3.05, 3.63) is 29.8 Å². The van der Waals surface area contributed by atoms with E-state index in [2.05, 4.69) is 0 Å². The van der Waals surface area contributed by atoms with E-state index in [0.717, 1.165) is 0 Å². The van der Waals surface area contributed by atoms with Crippen LogP contribution < -0.4 is 4.74 Å². The van der Waals surface area contributed by atoms with Crippen molar-refractivity contribution in [2.75, 3.05) is 6.61 Å². The van der Waals surface area contributed by atoms with Crippen LogP contribution in [0.2, 0.25) is 0 Å². The number of para-hydroxylation sites is 1. The van der Waals surface area contributed by atoms with Crippen LogP contribution in [0, 0.1) is 11.8 Å². The maximum atomic E-state index is 13.1. The predicted octanol–water partition coefficient (Wildman–Crippen LogP) is 4.64. The van der Waals surface area contributed by atoms with Crippen LogP contribution >= 0.6 is 0 Å². The summed E-state index contributed by atoms with van der Waals surface area (Å²) in [6, 6.07) is 6.54. The Morgan fingerprint density at radius 3 is 2.57 bits per heavy atom. The van der Waals surface area contributed by atoms with Gasteiger partial charge in [0.25, 0.3) is 0 Å². The molecule has 0 amide bonds. The summed E-state index contributed by atoms with van der Waals surface area (Å²) in [4.78, 5) is 12.6. The molecule has 0 saturated heterocycles. The number of halogens is 3. The first-order valence-corrected chi connectivity index (χ1v) is 7.28. The van der Waals surface area contributed by atoms with Gasteiger partial charge in [-0.15, -0.1) is 0 Å². The van der Waals surface area contributed by atoms with Gasteiger partial charge in [0.05, 0.1) is 18.1 Å². The fourth-order valence-electron chi connectivity index (χ4n) is 2.99. The van der Waals surface area contributed by atoms with Crippen LogP contribution in [0.3, 0.4) is 0 Å². The molecule has 1 aromatic rings. The van der Waals surface area contributed by atoms with Crippen LogP contribution in [0.4, 0.5) is 13.2 Å². The maximum absolute atomic E-state index is 13.1. The zero-order chi connectivity index (χ0) is 15.5. The standard InChI is InChI=1S/C16H19F3O2/c1-2-21-14-10-6-4-8-12(14)15(20)11-7-3-5-9-13(11)16(17,18)19/h4,6,8,10-11,13H,2-3,5,7,9H2,1H3. The second-order valence-electron chi connectivity index (χ2n) is 5.33. The minimum atomic E-state index is -4.32. The highest BCUT2D eigenvalue weighted by atomic mass is 19.4. The van der Waals surface area contributed by atoms with Crippen molar-refractivity contribution in [1.29, 1.82) is 0 Å². The van der Waals surface area contributed by atoms with E-state index in [4.69, 9.17) is 4.74 Å². The third-order valence-electron chi connectivity index (χ3n) is 3.98. The molecule has 0 aromatic heterocycles.